The van der Waals surface area contributed by atoms with Gasteiger partial charge >= 0.3 is 0 Å². The molecule has 2 aromatic carbocycles. The van der Waals surface area contributed by atoms with E-state index in [2.05, 4.69) is 36.1 Å². The third kappa shape index (κ3) is 2.58. The van der Waals surface area contributed by atoms with Gasteiger partial charge in [0.05, 0.1) is 5.69 Å². The number of anilines is 1. The van der Waals surface area contributed by atoms with Crippen molar-refractivity contribution in [1.29, 1.82) is 0 Å². The normalized spacial score (nSPS) is 14.7. The van der Waals surface area contributed by atoms with Crippen LogP contribution in [0.2, 0.25) is 0 Å². The van der Waals surface area contributed by atoms with Crippen LogP contribution in [-0.2, 0) is 0 Å². The maximum atomic E-state index is 6.11. The largest absolute Gasteiger partial charge is 0.455 e. The van der Waals surface area contributed by atoms with Gasteiger partial charge in [-0.25, -0.2) is 0 Å². The summed E-state index contributed by atoms with van der Waals surface area (Å²) in [6.45, 7) is 4.34. The lowest BCUT2D eigenvalue weighted by Gasteiger charge is -2.21. The van der Waals surface area contributed by atoms with Crippen molar-refractivity contribution in [1.82, 2.24) is 0 Å². The fraction of sp³-hybridized carbons (Fsp3) is 0.294. The number of nitrogens with zero attached hydrogens (tertiary/aromatic N) is 1. The summed E-state index contributed by atoms with van der Waals surface area (Å²) < 4.78 is 6.11. The molecule has 0 saturated carbocycles. The Hall–Kier alpha value is -1.96. The Bertz CT molecular complexity index is 559. The topological polar surface area (TPSA) is 12.5 Å². The summed E-state index contributed by atoms with van der Waals surface area (Å²) in [5.41, 5.74) is 2.38. The maximum absolute atomic E-state index is 6.11. The minimum absolute atomic E-state index is 0.939. The molecular weight excluding hydrogens is 234 g/mol. The summed E-state index contributed by atoms with van der Waals surface area (Å²) in [6.07, 6.45) is 2.55. The molecule has 0 unspecified atom stereocenters. The Kier molecular flexibility index (Phi) is 3.41. The molecule has 1 fully saturated rings. The number of rotatable bonds is 3. The average Bonchev–Trinajstić information content (AvgIpc) is 2.96. The van der Waals surface area contributed by atoms with E-state index in [1.165, 1.54) is 24.1 Å². The van der Waals surface area contributed by atoms with Gasteiger partial charge in [-0.1, -0.05) is 30.3 Å². The molecular formula is C17H19NO. The maximum Gasteiger partial charge on any atom is 0.150 e. The SMILES string of the molecule is Cc1ccccc1Oc1ccccc1N1CCCC1. The summed E-state index contributed by atoms with van der Waals surface area (Å²) in [4.78, 5) is 2.41. The van der Waals surface area contributed by atoms with E-state index in [0.717, 1.165) is 24.6 Å². The van der Waals surface area contributed by atoms with Gasteiger partial charge in [0.1, 0.15) is 5.75 Å². The number of para-hydroxylation sites is 3. The van der Waals surface area contributed by atoms with Crippen LogP contribution in [-0.4, -0.2) is 13.1 Å². The molecule has 2 aromatic rings. The van der Waals surface area contributed by atoms with Crippen molar-refractivity contribution in [2.75, 3.05) is 18.0 Å². The van der Waals surface area contributed by atoms with Gasteiger partial charge in [-0.05, 0) is 43.5 Å². The molecule has 1 heterocycles. The van der Waals surface area contributed by atoms with Crippen LogP contribution in [0.5, 0.6) is 11.5 Å². The zero-order valence-corrected chi connectivity index (χ0v) is 11.3. The first kappa shape index (κ1) is 12.1. The average molecular weight is 253 g/mol. The van der Waals surface area contributed by atoms with E-state index in [1.807, 2.05) is 24.3 Å². The van der Waals surface area contributed by atoms with E-state index in [9.17, 15) is 0 Å². The predicted octanol–water partition coefficient (Wildman–Crippen LogP) is 4.39. The fourth-order valence-corrected chi connectivity index (χ4v) is 2.55. The Morgan fingerprint density at radius 3 is 2.21 bits per heavy atom. The van der Waals surface area contributed by atoms with E-state index in [1.54, 1.807) is 0 Å². The Balaban J connectivity index is 1.90. The van der Waals surface area contributed by atoms with E-state index in [4.69, 9.17) is 4.74 Å². The van der Waals surface area contributed by atoms with Gasteiger partial charge in [0, 0.05) is 13.1 Å². The van der Waals surface area contributed by atoms with Crippen molar-refractivity contribution in [3.8, 4) is 11.5 Å². The molecule has 98 valence electrons. The quantitative estimate of drug-likeness (QED) is 0.804. The highest BCUT2D eigenvalue weighted by molar-refractivity contribution is 5.60. The second kappa shape index (κ2) is 5.35. The molecule has 0 spiro atoms. The smallest absolute Gasteiger partial charge is 0.150 e. The van der Waals surface area contributed by atoms with Crippen LogP contribution in [0, 0.1) is 6.92 Å². The van der Waals surface area contributed by atoms with Crippen LogP contribution in [0.4, 0.5) is 5.69 Å². The molecule has 0 amide bonds. The first-order valence-electron chi connectivity index (χ1n) is 6.92. The van der Waals surface area contributed by atoms with Crippen LogP contribution in [0.15, 0.2) is 48.5 Å². The summed E-state index contributed by atoms with van der Waals surface area (Å²) in [6, 6.07) is 16.5. The number of benzene rings is 2. The van der Waals surface area contributed by atoms with Gasteiger partial charge < -0.3 is 9.64 Å². The molecule has 2 heteroatoms. The molecule has 1 saturated heterocycles. The second-order valence-corrected chi connectivity index (χ2v) is 5.03. The van der Waals surface area contributed by atoms with Crippen molar-refractivity contribution >= 4 is 5.69 Å². The molecule has 3 rings (SSSR count). The number of hydrogen-bond donors (Lipinski definition) is 0. The van der Waals surface area contributed by atoms with Gasteiger partial charge in [0.25, 0.3) is 0 Å². The van der Waals surface area contributed by atoms with E-state index >= 15 is 0 Å². The van der Waals surface area contributed by atoms with Crippen LogP contribution < -0.4 is 9.64 Å². The Labute approximate surface area is 114 Å². The minimum atomic E-state index is 0.939. The third-order valence-corrected chi connectivity index (χ3v) is 3.63. The number of hydrogen-bond acceptors (Lipinski definition) is 2. The van der Waals surface area contributed by atoms with E-state index in [0.29, 0.717) is 0 Å². The molecule has 0 aromatic heterocycles. The zero-order chi connectivity index (χ0) is 13.1. The van der Waals surface area contributed by atoms with Gasteiger partial charge in [0.2, 0.25) is 0 Å². The highest BCUT2D eigenvalue weighted by Crippen LogP contribution is 2.34. The van der Waals surface area contributed by atoms with Crippen molar-refractivity contribution in [2.45, 2.75) is 19.8 Å². The second-order valence-electron chi connectivity index (χ2n) is 5.03. The van der Waals surface area contributed by atoms with Gasteiger partial charge in [0.15, 0.2) is 5.75 Å². The zero-order valence-electron chi connectivity index (χ0n) is 11.3. The van der Waals surface area contributed by atoms with Crippen LogP contribution in [0.1, 0.15) is 18.4 Å². The fourth-order valence-electron chi connectivity index (χ4n) is 2.55. The number of ether oxygens (including phenoxy) is 1. The molecule has 2 nitrogen and oxygen atoms in total. The van der Waals surface area contributed by atoms with Crippen LogP contribution in [0.3, 0.4) is 0 Å². The van der Waals surface area contributed by atoms with Crippen molar-refractivity contribution in [2.24, 2.45) is 0 Å². The molecule has 0 aliphatic carbocycles. The standard InChI is InChI=1S/C17H19NO/c1-14-8-2-4-10-16(14)19-17-11-5-3-9-15(17)18-12-6-7-13-18/h2-5,8-11H,6-7,12-13H2,1H3. The van der Waals surface area contributed by atoms with E-state index < -0.39 is 0 Å². The predicted molar refractivity (Wildman–Crippen MR) is 79.1 cm³/mol. The molecule has 1 aliphatic rings. The van der Waals surface area contributed by atoms with Gasteiger partial charge in [-0.15, -0.1) is 0 Å². The van der Waals surface area contributed by atoms with E-state index in [-0.39, 0.29) is 0 Å². The Morgan fingerprint density at radius 2 is 1.47 bits per heavy atom. The lowest BCUT2D eigenvalue weighted by molar-refractivity contribution is 0.478. The molecule has 0 N–H and O–H groups in total. The molecule has 0 bridgehead atoms. The van der Waals surface area contributed by atoms with Crippen molar-refractivity contribution in [3.05, 3.63) is 54.1 Å². The van der Waals surface area contributed by atoms with Gasteiger partial charge in [-0.3, -0.25) is 0 Å². The Morgan fingerprint density at radius 1 is 0.842 bits per heavy atom. The highest BCUT2D eigenvalue weighted by Gasteiger charge is 2.16. The summed E-state index contributed by atoms with van der Waals surface area (Å²) in [5.74, 6) is 1.90. The monoisotopic (exact) mass is 253 g/mol. The van der Waals surface area contributed by atoms with Crippen LogP contribution in [0.25, 0.3) is 0 Å². The summed E-state index contributed by atoms with van der Waals surface area (Å²) >= 11 is 0. The minimum Gasteiger partial charge on any atom is -0.455 e. The molecule has 1 aliphatic heterocycles. The highest BCUT2D eigenvalue weighted by atomic mass is 16.5. The lowest BCUT2D eigenvalue weighted by atomic mass is 10.2. The van der Waals surface area contributed by atoms with Crippen molar-refractivity contribution < 1.29 is 4.74 Å². The van der Waals surface area contributed by atoms with Crippen molar-refractivity contribution in [3.63, 3.8) is 0 Å². The molecule has 0 atom stereocenters. The first-order chi connectivity index (χ1) is 9.34. The molecule has 0 radical (unpaired) electrons. The summed E-state index contributed by atoms with van der Waals surface area (Å²) in [5, 5.41) is 0. The number of aryl methyl sites for hydroxylation is 1. The first-order valence-corrected chi connectivity index (χ1v) is 6.92. The lowest BCUT2D eigenvalue weighted by Crippen LogP contribution is -2.18. The summed E-state index contributed by atoms with van der Waals surface area (Å²) in [7, 11) is 0. The van der Waals surface area contributed by atoms with Gasteiger partial charge in [-0.2, -0.15) is 0 Å². The third-order valence-electron chi connectivity index (χ3n) is 3.63. The van der Waals surface area contributed by atoms with Crippen LogP contribution >= 0.6 is 0 Å². The molecule has 19 heavy (non-hydrogen) atoms.